The average molecular weight is 422 g/mol. The Morgan fingerprint density at radius 1 is 1.13 bits per heavy atom. The summed E-state index contributed by atoms with van der Waals surface area (Å²) in [4.78, 5) is 18.5. The lowest BCUT2D eigenvalue weighted by Crippen LogP contribution is -2.30. The summed E-state index contributed by atoms with van der Waals surface area (Å²) in [5.41, 5.74) is 2.73. The minimum Gasteiger partial charge on any atom is -0.493 e. The molecule has 0 aliphatic carbocycles. The van der Waals surface area contributed by atoms with Crippen molar-refractivity contribution in [2.45, 2.75) is 19.5 Å². The molecule has 1 N–H and O–H groups in total. The van der Waals surface area contributed by atoms with Gasteiger partial charge in [0.25, 0.3) is 0 Å². The molecule has 1 aromatic carbocycles. The standard InChI is InChI=1S/C23H23N3O3S/c1-15(16-8-9-19(28-2)20(13-16)29-3)25-22(27)14-26-18(21-7-5-11-30-21)12-17-6-4-10-24-23(17)26/h4-13,15H,14H2,1-3H3,(H,25,27)/t15-/m0/s1. The van der Waals surface area contributed by atoms with Crippen LogP contribution in [0, 0.1) is 0 Å². The van der Waals surface area contributed by atoms with Gasteiger partial charge in [0.15, 0.2) is 11.5 Å². The topological polar surface area (TPSA) is 65.4 Å². The predicted molar refractivity (Wildman–Crippen MR) is 119 cm³/mol. The van der Waals surface area contributed by atoms with E-state index < -0.39 is 0 Å². The fourth-order valence-electron chi connectivity index (χ4n) is 3.51. The molecule has 0 bridgehead atoms. The Kier molecular flexibility index (Phi) is 5.72. The fraction of sp³-hybridized carbons (Fsp3) is 0.217. The van der Waals surface area contributed by atoms with Crippen molar-refractivity contribution in [2.75, 3.05) is 14.2 Å². The van der Waals surface area contributed by atoms with Crippen LogP contribution < -0.4 is 14.8 Å². The fourth-order valence-corrected chi connectivity index (χ4v) is 4.26. The van der Waals surface area contributed by atoms with Gasteiger partial charge in [-0.3, -0.25) is 4.79 Å². The van der Waals surface area contributed by atoms with E-state index in [2.05, 4.69) is 22.4 Å². The molecule has 154 valence electrons. The lowest BCUT2D eigenvalue weighted by Gasteiger charge is -2.17. The van der Waals surface area contributed by atoms with Crippen LogP contribution in [0.2, 0.25) is 0 Å². The quantitative estimate of drug-likeness (QED) is 0.471. The number of pyridine rings is 1. The molecule has 0 radical (unpaired) electrons. The molecule has 3 heterocycles. The van der Waals surface area contributed by atoms with Gasteiger partial charge in [-0.25, -0.2) is 4.98 Å². The van der Waals surface area contributed by atoms with E-state index in [4.69, 9.17) is 9.47 Å². The number of ether oxygens (including phenoxy) is 2. The highest BCUT2D eigenvalue weighted by atomic mass is 32.1. The number of hydrogen-bond donors (Lipinski definition) is 1. The molecule has 0 spiro atoms. The third-order valence-corrected chi connectivity index (χ3v) is 5.91. The monoisotopic (exact) mass is 421 g/mol. The van der Waals surface area contributed by atoms with Crippen LogP contribution in [-0.2, 0) is 11.3 Å². The van der Waals surface area contributed by atoms with Gasteiger partial charge in [-0.1, -0.05) is 12.1 Å². The second kappa shape index (κ2) is 8.59. The number of thiophene rings is 1. The van der Waals surface area contributed by atoms with E-state index in [1.165, 1.54) is 0 Å². The van der Waals surface area contributed by atoms with E-state index in [1.807, 2.05) is 53.3 Å². The predicted octanol–water partition coefficient (Wildman–Crippen LogP) is 4.66. The van der Waals surface area contributed by atoms with Gasteiger partial charge in [0.1, 0.15) is 12.2 Å². The molecule has 0 saturated heterocycles. The summed E-state index contributed by atoms with van der Waals surface area (Å²) < 4.78 is 12.6. The highest BCUT2D eigenvalue weighted by molar-refractivity contribution is 7.13. The van der Waals surface area contributed by atoms with Crippen LogP contribution in [0.3, 0.4) is 0 Å². The van der Waals surface area contributed by atoms with Crippen LogP contribution >= 0.6 is 11.3 Å². The van der Waals surface area contributed by atoms with Gasteiger partial charge < -0.3 is 19.4 Å². The van der Waals surface area contributed by atoms with E-state index in [1.54, 1.807) is 31.8 Å². The lowest BCUT2D eigenvalue weighted by atomic mass is 10.1. The first-order valence-electron chi connectivity index (χ1n) is 9.60. The van der Waals surface area contributed by atoms with Crippen molar-refractivity contribution in [1.82, 2.24) is 14.9 Å². The maximum atomic E-state index is 12.9. The third-order valence-electron chi connectivity index (χ3n) is 5.02. The van der Waals surface area contributed by atoms with Gasteiger partial charge in [-0.05, 0) is 54.3 Å². The molecule has 0 aliphatic rings. The average Bonchev–Trinajstić information content (AvgIpc) is 3.41. The molecule has 7 heteroatoms. The normalized spacial score (nSPS) is 12.0. The van der Waals surface area contributed by atoms with Gasteiger partial charge in [-0.2, -0.15) is 0 Å². The van der Waals surface area contributed by atoms with Crippen LogP contribution in [0.5, 0.6) is 11.5 Å². The van der Waals surface area contributed by atoms with Crippen molar-refractivity contribution >= 4 is 28.3 Å². The minimum absolute atomic E-state index is 0.0850. The number of nitrogens with one attached hydrogen (secondary N) is 1. The first-order chi connectivity index (χ1) is 14.6. The van der Waals surface area contributed by atoms with Crippen LogP contribution in [0.1, 0.15) is 18.5 Å². The van der Waals surface area contributed by atoms with Crippen molar-refractivity contribution < 1.29 is 14.3 Å². The molecule has 30 heavy (non-hydrogen) atoms. The first-order valence-corrected chi connectivity index (χ1v) is 10.5. The summed E-state index contributed by atoms with van der Waals surface area (Å²) in [7, 11) is 3.20. The number of benzene rings is 1. The summed E-state index contributed by atoms with van der Waals surface area (Å²) in [6, 6.07) is 15.5. The Morgan fingerprint density at radius 3 is 2.70 bits per heavy atom. The molecule has 1 atom stereocenters. The molecule has 4 aromatic rings. The molecular formula is C23H23N3O3S. The zero-order chi connectivity index (χ0) is 21.1. The van der Waals surface area contributed by atoms with Gasteiger partial charge in [0, 0.05) is 11.6 Å². The minimum atomic E-state index is -0.183. The van der Waals surface area contributed by atoms with Gasteiger partial charge >= 0.3 is 0 Å². The number of nitrogens with zero attached hydrogens (tertiary/aromatic N) is 2. The van der Waals surface area contributed by atoms with Gasteiger partial charge in [0.2, 0.25) is 5.91 Å². The molecule has 3 aromatic heterocycles. The first kappa shape index (κ1) is 20.0. The van der Waals surface area contributed by atoms with E-state index >= 15 is 0 Å². The second-order valence-electron chi connectivity index (χ2n) is 6.91. The SMILES string of the molecule is COc1ccc([C@H](C)NC(=O)Cn2c(-c3cccs3)cc3cccnc32)cc1OC. The molecule has 4 rings (SSSR count). The summed E-state index contributed by atoms with van der Waals surface area (Å²) in [5, 5.41) is 6.13. The van der Waals surface area contributed by atoms with Gasteiger partial charge in [0.05, 0.1) is 30.8 Å². The third kappa shape index (κ3) is 3.89. The van der Waals surface area contributed by atoms with E-state index in [9.17, 15) is 4.79 Å². The van der Waals surface area contributed by atoms with Crippen molar-refractivity contribution in [2.24, 2.45) is 0 Å². The highest BCUT2D eigenvalue weighted by Crippen LogP contribution is 2.31. The molecule has 0 unspecified atom stereocenters. The van der Waals surface area contributed by atoms with Crippen LogP contribution in [0.15, 0.2) is 60.1 Å². The Hall–Kier alpha value is -3.32. The maximum Gasteiger partial charge on any atom is 0.240 e. The molecule has 0 aliphatic heterocycles. The highest BCUT2D eigenvalue weighted by Gasteiger charge is 2.17. The number of aromatic nitrogens is 2. The number of amides is 1. The summed E-state index contributed by atoms with van der Waals surface area (Å²) in [6.07, 6.45) is 1.75. The molecule has 0 fully saturated rings. The van der Waals surface area contributed by atoms with Crippen molar-refractivity contribution in [3.05, 3.63) is 65.7 Å². The van der Waals surface area contributed by atoms with Crippen molar-refractivity contribution in [3.8, 4) is 22.1 Å². The Labute approximate surface area is 179 Å². The zero-order valence-corrected chi connectivity index (χ0v) is 17.9. The van der Waals surface area contributed by atoms with Crippen molar-refractivity contribution in [3.63, 3.8) is 0 Å². The second-order valence-corrected chi connectivity index (χ2v) is 7.86. The molecule has 0 saturated carbocycles. The van der Waals surface area contributed by atoms with Crippen LogP contribution in [0.4, 0.5) is 0 Å². The van der Waals surface area contributed by atoms with Crippen molar-refractivity contribution in [1.29, 1.82) is 0 Å². The van der Waals surface area contributed by atoms with Gasteiger partial charge in [-0.15, -0.1) is 11.3 Å². The largest absolute Gasteiger partial charge is 0.493 e. The number of carbonyl (C=O) groups is 1. The Bertz CT molecular complexity index is 1170. The number of carbonyl (C=O) groups excluding carboxylic acids is 1. The number of rotatable bonds is 7. The maximum absolute atomic E-state index is 12.9. The number of fused-ring (bicyclic) bond motifs is 1. The zero-order valence-electron chi connectivity index (χ0n) is 17.1. The summed E-state index contributed by atoms with van der Waals surface area (Å²) in [5.74, 6) is 1.21. The molecule has 1 amide bonds. The summed E-state index contributed by atoms with van der Waals surface area (Å²) >= 11 is 1.64. The molecular weight excluding hydrogens is 398 g/mol. The van der Waals surface area contributed by atoms with Crippen LogP contribution in [0.25, 0.3) is 21.6 Å². The summed E-state index contributed by atoms with van der Waals surface area (Å²) in [6.45, 7) is 2.14. The van der Waals surface area contributed by atoms with E-state index in [-0.39, 0.29) is 18.5 Å². The Morgan fingerprint density at radius 2 is 1.97 bits per heavy atom. The lowest BCUT2D eigenvalue weighted by molar-refractivity contribution is -0.122. The number of hydrogen-bond acceptors (Lipinski definition) is 5. The van der Waals surface area contributed by atoms with E-state index in [0.29, 0.717) is 11.5 Å². The molecule has 6 nitrogen and oxygen atoms in total. The Balaban J connectivity index is 1.57. The van der Waals surface area contributed by atoms with Crippen LogP contribution in [-0.4, -0.2) is 29.7 Å². The smallest absolute Gasteiger partial charge is 0.240 e. The number of methoxy groups -OCH3 is 2. The van der Waals surface area contributed by atoms with E-state index in [0.717, 1.165) is 27.2 Å².